The van der Waals surface area contributed by atoms with Gasteiger partial charge >= 0.3 is 12.0 Å². The number of carbonyl (C=O) groups is 3. The number of nitrogens with one attached hydrogen (secondary N) is 3. The Morgan fingerprint density at radius 3 is 2.19 bits per heavy atom. The lowest BCUT2D eigenvalue weighted by Crippen LogP contribution is -2.60. The van der Waals surface area contributed by atoms with Gasteiger partial charge in [0.2, 0.25) is 5.91 Å². The summed E-state index contributed by atoms with van der Waals surface area (Å²) in [5.74, 6) is -2.37. The maximum Gasteiger partial charge on any atom is 0.315 e. The van der Waals surface area contributed by atoms with Gasteiger partial charge in [-0.1, -0.05) is 91.4 Å². The van der Waals surface area contributed by atoms with E-state index >= 15 is 0 Å². The first-order valence-corrected chi connectivity index (χ1v) is 16.8. The average molecular weight is 594 g/mol. The van der Waals surface area contributed by atoms with E-state index in [9.17, 15) is 19.5 Å². The first-order chi connectivity index (χ1) is 19.9. The van der Waals surface area contributed by atoms with Crippen LogP contribution >= 0.6 is 0 Å². The summed E-state index contributed by atoms with van der Waals surface area (Å²) in [7, 11) is 0. The molecular weight excluding hydrogens is 534 g/mol. The molecule has 9 heteroatoms. The van der Waals surface area contributed by atoms with Gasteiger partial charge in [0.15, 0.2) is 5.79 Å². The number of hydrogen-bond acceptors (Lipinski definition) is 5. The lowest BCUT2D eigenvalue weighted by Gasteiger charge is -2.45. The highest BCUT2D eigenvalue weighted by Crippen LogP contribution is 2.37. The van der Waals surface area contributed by atoms with Crippen molar-refractivity contribution in [2.24, 2.45) is 11.3 Å². The second kappa shape index (κ2) is 15.7. The zero-order valence-corrected chi connectivity index (χ0v) is 27.0. The number of unbranched alkanes of at least 4 members (excludes halogenated alkanes) is 7. The Morgan fingerprint density at radius 2 is 1.55 bits per heavy atom. The van der Waals surface area contributed by atoms with Crippen molar-refractivity contribution < 1.29 is 29.0 Å². The molecular formula is C33H59N3O6. The van der Waals surface area contributed by atoms with E-state index in [1.807, 2.05) is 13.8 Å². The Kier molecular flexibility index (Phi) is 13.0. The molecule has 0 spiro atoms. The van der Waals surface area contributed by atoms with E-state index in [4.69, 9.17) is 9.47 Å². The summed E-state index contributed by atoms with van der Waals surface area (Å²) in [4.78, 5) is 38.7. The summed E-state index contributed by atoms with van der Waals surface area (Å²) >= 11 is 0. The number of aliphatic carboxylic acids is 1. The largest absolute Gasteiger partial charge is 0.481 e. The summed E-state index contributed by atoms with van der Waals surface area (Å²) in [6.07, 6.45) is 16.9. The van der Waals surface area contributed by atoms with Gasteiger partial charge < -0.3 is 30.5 Å². The monoisotopic (exact) mass is 593 g/mol. The van der Waals surface area contributed by atoms with Crippen molar-refractivity contribution >= 4 is 17.9 Å². The highest BCUT2D eigenvalue weighted by atomic mass is 16.7. The van der Waals surface area contributed by atoms with Gasteiger partial charge in [0, 0.05) is 29.0 Å². The lowest BCUT2D eigenvalue weighted by molar-refractivity contribution is -0.304. The summed E-state index contributed by atoms with van der Waals surface area (Å²) in [6, 6.07) is -0.966. The Bertz CT molecular complexity index is 885. The minimum absolute atomic E-state index is 0.145. The van der Waals surface area contributed by atoms with Gasteiger partial charge in [0.25, 0.3) is 0 Å². The fourth-order valence-electron chi connectivity index (χ4n) is 7.26. The number of hydrogen-bond donors (Lipinski definition) is 4. The number of amides is 3. The van der Waals surface area contributed by atoms with Crippen LogP contribution in [0.1, 0.15) is 144 Å². The SMILES string of the molecule is CCCCCCCCCCC1(NC(=O)NC2CCCC2C(CC(=O)O)NC(=O)C2OC(C)(C)OCC2(C)C)CCCC1. The molecule has 0 aromatic carbocycles. The Balaban J connectivity index is 1.57. The second-order valence-corrected chi connectivity index (χ2v) is 14.4. The van der Waals surface area contributed by atoms with Gasteiger partial charge in [-0.05, 0) is 46.0 Å². The number of ether oxygens (including phenoxy) is 2. The first-order valence-electron chi connectivity index (χ1n) is 16.8. The topological polar surface area (TPSA) is 126 Å². The molecule has 4 N–H and O–H groups in total. The summed E-state index contributed by atoms with van der Waals surface area (Å²) in [5, 5.41) is 19.3. The highest BCUT2D eigenvalue weighted by Gasteiger charge is 2.47. The van der Waals surface area contributed by atoms with E-state index in [-0.39, 0.29) is 35.9 Å². The smallest absolute Gasteiger partial charge is 0.315 e. The maximum absolute atomic E-state index is 13.5. The molecule has 9 nitrogen and oxygen atoms in total. The molecule has 2 aliphatic carbocycles. The molecule has 42 heavy (non-hydrogen) atoms. The third-order valence-corrected chi connectivity index (χ3v) is 9.71. The molecule has 3 rings (SSSR count). The molecule has 1 saturated heterocycles. The normalized spacial score (nSPS) is 26.8. The van der Waals surface area contributed by atoms with Crippen molar-refractivity contribution in [3.8, 4) is 0 Å². The van der Waals surface area contributed by atoms with Crippen molar-refractivity contribution in [1.82, 2.24) is 16.0 Å². The molecule has 0 bridgehead atoms. The highest BCUT2D eigenvalue weighted by molar-refractivity contribution is 5.83. The molecule has 0 aromatic rings. The van der Waals surface area contributed by atoms with E-state index < -0.39 is 29.3 Å². The van der Waals surface area contributed by atoms with Crippen molar-refractivity contribution in [3.05, 3.63) is 0 Å². The second-order valence-electron chi connectivity index (χ2n) is 14.4. The number of rotatable bonds is 16. The third-order valence-electron chi connectivity index (χ3n) is 9.71. The van der Waals surface area contributed by atoms with Crippen LogP contribution in [0.3, 0.4) is 0 Å². The van der Waals surface area contributed by atoms with Crippen LogP contribution < -0.4 is 16.0 Å². The van der Waals surface area contributed by atoms with E-state index in [0.29, 0.717) is 6.61 Å². The quantitative estimate of drug-likeness (QED) is 0.153. The zero-order chi connectivity index (χ0) is 30.8. The Labute approximate surface area is 254 Å². The van der Waals surface area contributed by atoms with Crippen LogP contribution in [0.2, 0.25) is 0 Å². The van der Waals surface area contributed by atoms with Crippen molar-refractivity contribution in [2.75, 3.05) is 6.61 Å². The molecule has 4 atom stereocenters. The van der Waals surface area contributed by atoms with Gasteiger partial charge in [0.1, 0.15) is 6.10 Å². The van der Waals surface area contributed by atoms with Crippen molar-refractivity contribution in [1.29, 1.82) is 0 Å². The van der Waals surface area contributed by atoms with Crippen molar-refractivity contribution in [3.63, 3.8) is 0 Å². The minimum Gasteiger partial charge on any atom is -0.481 e. The predicted octanol–water partition coefficient (Wildman–Crippen LogP) is 6.44. The molecule has 0 aromatic heterocycles. The molecule has 3 amide bonds. The van der Waals surface area contributed by atoms with E-state index in [1.54, 1.807) is 13.8 Å². The molecule has 4 unspecified atom stereocenters. The van der Waals surface area contributed by atoms with Crippen molar-refractivity contribution in [2.45, 2.75) is 173 Å². The van der Waals surface area contributed by atoms with Gasteiger partial charge in [-0.3, -0.25) is 9.59 Å². The summed E-state index contributed by atoms with van der Waals surface area (Å²) in [6.45, 7) is 9.98. The fourth-order valence-corrected chi connectivity index (χ4v) is 7.26. The van der Waals surface area contributed by atoms with Crippen LogP contribution in [-0.2, 0) is 19.1 Å². The molecule has 3 aliphatic rings. The third kappa shape index (κ3) is 10.4. The first kappa shape index (κ1) is 34.6. The summed E-state index contributed by atoms with van der Waals surface area (Å²) < 4.78 is 11.8. The zero-order valence-electron chi connectivity index (χ0n) is 27.0. The van der Waals surface area contributed by atoms with Gasteiger partial charge in [0.05, 0.1) is 13.0 Å². The average Bonchev–Trinajstić information content (AvgIpc) is 3.56. The van der Waals surface area contributed by atoms with Gasteiger partial charge in [-0.15, -0.1) is 0 Å². The number of carbonyl (C=O) groups excluding carboxylic acids is 2. The van der Waals surface area contributed by atoms with Crippen LogP contribution in [0.25, 0.3) is 0 Å². The minimum atomic E-state index is -0.974. The van der Waals surface area contributed by atoms with Crippen LogP contribution in [-0.4, -0.2) is 59.1 Å². The molecule has 1 aliphatic heterocycles. The van der Waals surface area contributed by atoms with Crippen LogP contribution in [0.4, 0.5) is 4.79 Å². The Morgan fingerprint density at radius 1 is 0.905 bits per heavy atom. The molecule has 1 heterocycles. The molecule has 242 valence electrons. The molecule has 3 fully saturated rings. The van der Waals surface area contributed by atoms with Crippen LogP contribution in [0.15, 0.2) is 0 Å². The Hall–Kier alpha value is -1.87. The predicted molar refractivity (Wildman–Crippen MR) is 164 cm³/mol. The fraction of sp³-hybridized carbons (Fsp3) is 0.909. The lowest BCUT2D eigenvalue weighted by atomic mass is 9.84. The van der Waals surface area contributed by atoms with Crippen LogP contribution in [0, 0.1) is 11.3 Å². The van der Waals surface area contributed by atoms with Gasteiger partial charge in [-0.2, -0.15) is 0 Å². The van der Waals surface area contributed by atoms with E-state index in [0.717, 1.165) is 57.8 Å². The van der Waals surface area contributed by atoms with Crippen LogP contribution in [0.5, 0.6) is 0 Å². The molecule has 2 saturated carbocycles. The number of urea groups is 1. The van der Waals surface area contributed by atoms with E-state index in [2.05, 4.69) is 22.9 Å². The van der Waals surface area contributed by atoms with Gasteiger partial charge in [-0.25, -0.2) is 4.79 Å². The number of carboxylic acid groups (broad SMARTS) is 1. The standard InChI is InChI=1S/C33H59N3O6/c1-6-7-8-9-10-11-12-13-19-33(20-14-15-21-33)36-30(40)35-25-18-16-17-24(25)26(22-27(37)38)34-29(39)28-31(2,3)23-41-32(4,5)42-28/h24-26,28H,6-23H2,1-5H3,(H,34,39)(H,37,38)(H2,35,36,40). The number of carboxylic acids is 1. The molecule has 0 radical (unpaired) electrons. The summed E-state index contributed by atoms with van der Waals surface area (Å²) in [5.41, 5.74) is -0.709. The maximum atomic E-state index is 13.5. The van der Waals surface area contributed by atoms with E-state index in [1.165, 1.54) is 44.9 Å².